The molecule has 1 saturated heterocycles. The fourth-order valence-corrected chi connectivity index (χ4v) is 3.16. The summed E-state index contributed by atoms with van der Waals surface area (Å²) >= 11 is 0. The van der Waals surface area contributed by atoms with E-state index in [-0.39, 0.29) is 0 Å². The zero-order chi connectivity index (χ0) is 21.3. The molecule has 1 fully saturated rings. The number of hydrogen-bond acceptors (Lipinski definition) is 11. The molecule has 5 unspecified atom stereocenters. The van der Waals surface area contributed by atoms with Crippen LogP contribution in [0, 0.1) is 10.1 Å². The summed E-state index contributed by atoms with van der Waals surface area (Å²) in [5, 5.41) is 51.3. The summed E-state index contributed by atoms with van der Waals surface area (Å²) in [6.07, 6.45) is -8.64. The van der Waals surface area contributed by atoms with Crippen LogP contribution in [-0.2, 0) is 21.3 Å². The van der Waals surface area contributed by atoms with Crippen molar-refractivity contribution in [2.24, 2.45) is 7.05 Å². The van der Waals surface area contributed by atoms with Gasteiger partial charge in [0.25, 0.3) is 0 Å². The first kappa shape index (κ1) is 21.7. The second kappa shape index (κ2) is 8.20. The average molecular weight is 404 g/mol. The summed E-state index contributed by atoms with van der Waals surface area (Å²) in [5.74, 6) is -2.23. The van der Waals surface area contributed by atoms with Crippen molar-refractivity contribution < 1.29 is 49.1 Å². The van der Waals surface area contributed by atoms with Gasteiger partial charge in [-0.2, -0.15) is 0 Å². The molecule has 0 saturated carbocycles. The lowest BCUT2D eigenvalue weighted by atomic mass is 9.90. The molecule has 4 N–H and O–H groups in total. The minimum absolute atomic E-state index is 0.501. The smallest absolute Gasteiger partial charge is 0.361 e. The number of ether oxygens (including phenoxy) is 3. The first-order valence-corrected chi connectivity index (χ1v) is 7.96. The summed E-state index contributed by atoms with van der Waals surface area (Å²) in [7, 11) is 3.14. The van der Waals surface area contributed by atoms with Crippen LogP contribution >= 0.6 is 0 Å². The van der Waals surface area contributed by atoms with Crippen molar-refractivity contribution >= 4 is 17.6 Å². The Balaban J connectivity index is 2.82. The Morgan fingerprint density at radius 2 is 1.64 bits per heavy atom. The van der Waals surface area contributed by atoms with Gasteiger partial charge in [-0.15, -0.1) is 0 Å². The zero-order valence-electron chi connectivity index (χ0n) is 15.1. The van der Waals surface area contributed by atoms with Crippen molar-refractivity contribution in [3.05, 3.63) is 27.1 Å². The molecule has 0 radical (unpaired) electrons. The van der Waals surface area contributed by atoms with Crippen LogP contribution in [0.1, 0.15) is 32.6 Å². The summed E-state index contributed by atoms with van der Waals surface area (Å²) in [6.45, 7) is -0.792. The molecular formula is C15H20N2O11. The molecule has 1 aliphatic heterocycles. The van der Waals surface area contributed by atoms with Crippen molar-refractivity contribution in [3.63, 3.8) is 0 Å². The molecule has 5 atom stereocenters. The van der Waals surface area contributed by atoms with Crippen LogP contribution in [-0.4, -0.2) is 87.1 Å². The van der Waals surface area contributed by atoms with Gasteiger partial charge in [-0.3, -0.25) is 10.1 Å². The second-order valence-corrected chi connectivity index (χ2v) is 6.01. The van der Waals surface area contributed by atoms with Gasteiger partial charge in [0.05, 0.1) is 31.3 Å². The maximum atomic E-state index is 12.3. The number of aromatic nitrogens is 1. The summed E-state index contributed by atoms with van der Waals surface area (Å²) in [4.78, 5) is 35.1. The molecule has 156 valence electrons. The molecule has 1 aliphatic rings. The van der Waals surface area contributed by atoms with Crippen molar-refractivity contribution in [1.29, 1.82) is 0 Å². The van der Waals surface area contributed by atoms with Gasteiger partial charge in [0.15, 0.2) is 0 Å². The van der Waals surface area contributed by atoms with Crippen molar-refractivity contribution in [1.82, 2.24) is 4.57 Å². The van der Waals surface area contributed by atoms with Gasteiger partial charge in [0.1, 0.15) is 36.2 Å². The van der Waals surface area contributed by atoms with Crippen molar-refractivity contribution in [3.8, 4) is 0 Å². The predicted octanol–water partition coefficient (Wildman–Crippen LogP) is -1.98. The van der Waals surface area contributed by atoms with E-state index in [9.17, 15) is 40.1 Å². The molecule has 0 aliphatic carbocycles. The molecule has 2 rings (SSSR count). The monoisotopic (exact) mass is 404 g/mol. The SMILES string of the molecule is COC(=O)c1c(C2OC(CO)C(O)C(O)C2O)c([N+](=O)[O-])c(C(=O)OC)n1C. The lowest BCUT2D eigenvalue weighted by Crippen LogP contribution is -2.55. The van der Waals surface area contributed by atoms with E-state index in [1.54, 1.807) is 0 Å². The maximum absolute atomic E-state index is 12.3. The number of rotatable bonds is 5. The lowest BCUT2D eigenvalue weighted by molar-refractivity contribution is -0.387. The first-order valence-electron chi connectivity index (χ1n) is 7.96. The Kier molecular flexibility index (Phi) is 6.36. The average Bonchev–Trinajstić information content (AvgIpc) is 2.98. The number of carbonyl (C=O) groups is 2. The highest BCUT2D eigenvalue weighted by molar-refractivity contribution is 5.99. The van der Waals surface area contributed by atoms with Crippen LogP contribution < -0.4 is 0 Å². The van der Waals surface area contributed by atoms with E-state index in [4.69, 9.17) is 4.74 Å². The highest BCUT2D eigenvalue weighted by Gasteiger charge is 2.50. The van der Waals surface area contributed by atoms with Crippen LogP contribution in [0.15, 0.2) is 0 Å². The Hall–Kier alpha value is -2.58. The third-order valence-electron chi connectivity index (χ3n) is 4.52. The Morgan fingerprint density at radius 3 is 2.11 bits per heavy atom. The van der Waals surface area contributed by atoms with Crippen LogP contribution in [0.4, 0.5) is 5.69 Å². The van der Waals surface area contributed by atoms with Gasteiger partial charge in [-0.1, -0.05) is 0 Å². The summed E-state index contributed by atoms with van der Waals surface area (Å²) < 4.78 is 15.3. The van der Waals surface area contributed by atoms with Crippen LogP contribution in [0.25, 0.3) is 0 Å². The van der Waals surface area contributed by atoms with E-state index in [2.05, 4.69) is 9.47 Å². The molecule has 0 spiro atoms. The van der Waals surface area contributed by atoms with Crippen molar-refractivity contribution in [2.75, 3.05) is 20.8 Å². The fourth-order valence-electron chi connectivity index (χ4n) is 3.16. The maximum Gasteiger partial charge on any atom is 0.361 e. The zero-order valence-corrected chi connectivity index (χ0v) is 15.1. The highest BCUT2D eigenvalue weighted by Crippen LogP contribution is 2.42. The number of methoxy groups -OCH3 is 2. The predicted molar refractivity (Wildman–Crippen MR) is 87.5 cm³/mol. The summed E-state index contributed by atoms with van der Waals surface area (Å²) in [6, 6.07) is 0. The van der Waals surface area contributed by atoms with E-state index in [0.29, 0.717) is 0 Å². The molecule has 13 nitrogen and oxygen atoms in total. The van der Waals surface area contributed by atoms with Crippen LogP contribution in [0.2, 0.25) is 0 Å². The number of nitrogens with zero attached hydrogens (tertiary/aromatic N) is 2. The second-order valence-electron chi connectivity index (χ2n) is 6.01. The van der Waals surface area contributed by atoms with E-state index >= 15 is 0 Å². The molecule has 0 amide bonds. The standard InChI is InChI=1S/C15H20N2O11/c1-16-8(14(22)26-2)6(7(17(24)25)9(16)15(23)27-3)13-12(21)11(20)10(19)5(4-18)28-13/h5,10-13,18-21H,4H2,1-3H3. The van der Waals surface area contributed by atoms with Crippen LogP contribution in [0.5, 0.6) is 0 Å². The van der Waals surface area contributed by atoms with Gasteiger partial charge >= 0.3 is 17.6 Å². The van der Waals surface area contributed by atoms with E-state index in [0.717, 1.165) is 18.8 Å². The number of esters is 2. The Bertz CT molecular complexity index is 787. The molecule has 1 aromatic heterocycles. The van der Waals surface area contributed by atoms with E-state index < -0.39 is 76.6 Å². The van der Waals surface area contributed by atoms with Gasteiger partial charge in [-0.05, 0) is 0 Å². The van der Waals surface area contributed by atoms with Gasteiger partial charge in [-0.25, -0.2) is 9.59 Å². The quantitative estimate of drug-likeness (QED) is 0.242. The largest absolute Gasteiger partial charge is 0.464 e. The number of carbonyl (C=O) groups excluding carboxylic acids is 2. The topological polar surface area (TPSA) is 191 Å². The minimum atomic E-state index is -1.92. The molecule has 0 bridgehead atoms. The van der Waals surface area contributed by atoms with E-state index in [1.165, 1.54) is 7.05 Å². The molecular weight excluding hydrogens is 384 g/mol. The highest BCUT2D eigenvalue weighted by atomic mass is 16.6. The van der Waals surface area contributed by atoms with Gasteiger partial charge in [0, 0.05) is 7.05 Å². The molecule has 1 aromatic rings. The normalized spacial score (nSPS) is 27.3. The number of aliphatic hydroxyl groups excluding tert-OH is 4. The lowest BCUT2D eigenvalue weighted by Gasteiger charge is -2.39. The fraction of sp³-hybridized carbons (Fsp3) is 0.600. The molecule has 28 heavy (non-hydrogen) atoms. The van der Waals surface area contributed by atoms with Gasteiger partial charge < -0.3 is 39.2 Å². The number of nitro groups is 1. The third kappa shape index (κ3) is 3.33. The Morgan fingerprint density at radius 1 is 1.11 bits per heavy atom. The van der Waals surface area contributed by atoms with Crippen LogP contribution in [0.3, 0.4) is 0 Å². The Labute approximate surface area is 157 Å². The molecule has 2 heterocycles. The summed E-state index contributed by atoms with van der Waals surface area (Å²) in [5.41, 5.74) is -2.59. The van der Waals surface area contributed by atoms with Gasteiger partial charge in [0.2, 0.25) is 5.69 Å². The van der Waals surface area contributed by atoms with Crippen molar-refractivity contribution in [2.45, 2.75) is 30.5 Å². The minimum Gasteiger partial charge on any atom is -0.464 e. The van der Waals surface area contributed by atoms with E-state index in [1.807, 2.05) is 0 Å². The number of hydrogen-bond donors (Lipinski definition) is 4. The third-order valence-corrected chi connectivity index (χ3v) is 4.52. The first-order chi connectivity index (χ1) is 13.1. The number of aliphatic hydroxyl groups is 4. The molecule has 0 aromatic carbocycles. The molecule has 13 heteroatoms.